The molecular weight excluding hydrogens is 368 g/mol. The number of hydrogen-bond donors (Lipinski definition) is 3. The maximum Gasteiger partial charge on any atom is 0.303 e. The molecule has 3 N–H and O–H groups in total. The highest BCUT2D eigenvalue weighted by Gasteiger charge is 2.19. The van der Waals surface area contributed by atoms with Crippen molar-refractivity contribution < 1.29 is 23.1 Å². The van der Waals surface area contributed by atoms with Crippen molar-refractivity contribution >= 4 is 21.9 Å². The summed E-state index contributed by atoms with van der Waals surface area (Å²) < 4.78 is 27.8. The molecule has 0 bridgehead atoms. The number of benzene rings is 2. The molecule has 0 aliphatic heterocycles. The van der Waals surface area contributed by atoms with Crippen LogP contribution in [0.5, 0.6) is 0 Å². The molecule has 27 heavy (non-hydrogen) atoms. The van der Waals surface area contributed by atoms with E-state index in [1.54, 1.807) is 6.92 Å². The van der Waals surface area contributed by atoms with E-state index < -0.39 is 27.9 Å². The zero-order valence-electron chi connectivity index (χ0n) is 14.9. The Hall–Kier alpha value is -2.71. The van der Waals surface area contributed by atoms with Crippen molar-refractivity contribution in [3.63, 3.8) is 0 Å². The summed E-state index contributed by atoms with van der Waals surface area (Å²) in [6.45, 7) is 1.94. The first-order valence-electron chi connectivity index (χ1n) is 8.47. The van der Waals surface area contributed by atoms with Gasteiger partial charge in [-0.25, -0.2) is 13.1 Å². The van der Waals surface area contributed by atoms with E-state index in [1.165, 1.54) is 24.3 Å². The molecule has 2 aromatic carbocycles. The zero-order chi connectivity index (χ0) is 19.9. The first-order chi connectivity index (χ1) is 12.8. The zero-order valence-corrected chi connectivity index (χ0v) is 15.7. The third kappa shape index (κ3) is 6.19. The number of rotatable bonds is 9. The Labute approximate surface area is 158 Å². The number of aliphatic carboxylic acids is 1. The summed E-state index contributed by atoms with van der Waals surface area (Å²) in [6.07, 6.45) is 0.255. The Kier molecular flexibility index (Phi) is 7.09. The standard InChI is InChI=1S/C19H22N2O5S/c1-14(15-7-3-2-4-8-15)21-27(25,26)17-10-5-9-16(13-17)19(24)20-12-6-11-18(22)23/h2-5,7-10,13-14,21H,6,11-12H2,1H3,(H,20,24)(H,22,23). The summed E-state index contributed by atoms with van der Waals surface area (Å²) in [5, 5.41) is 11.2. The molecule has 2 aromatic rings. The average Bonchev–Trinajstić information content (AvgIpc) is 2.65. The molecule has 8 heteroatoms. The van der Waals surface area contributed by atoms with Crippen LogP contribution in [0.25, 0.3) is 0 Å². The molecule has 0 aromatic heterocycles. The van der Waals surface area contributed by atoms with Crippen molar-refractivity contribution in [1.82, 2.24) is 10.0 Å². The van der Waals surface area contributed by atoms with Gasteiger partial charge in [-0.3, -0.25) is 9.59 Å². The summed E-state index contributed by atoms with van der Waals surface area (Å²) in [6, 6.07) is 14.5. The number of hydrogen-bond acceptors (Lipinski definition) is 4. The molecule has 2 rings (SSSR count). The van der Waals surface area contributed by atoms with Gasteiger partial charge in [0.15, 0.2) is 0 Å². The molecule has 1 amide bonds. The first-order valence-corrected chi connectivity index (χ1v) is 9.95. The Bertz CT molecular complexity index is 897. The lowest BCUT2D eigenvalue weighted by atomic mass is 10.1. The maximum atomic E-state index is 12.6. The minimum atomic E-state index is -3.81. The molecule has 0 saturated carbocycles. The lowest BCUT2D eigenvalue weighted by molar-refractivity contribution is -0.137. The topological polar surface area (TPSA) is 113 Å². The van der Waals surface area contributed by atoms with Gasteiger partial charge in [0.2, 0.25) is 10.0 Å². The fraction of sp³-hybridized carbons (Fsp3) is 0.263. The van der Waals surface area contributed by atoms with Gasteiger partial charge in [0.1, 0.15) is 0 Å². The Morgan fingerprint density at radius 3 is 2.44 bits per heavy atom. The Balaban J connectivity index is 2.06. The quantitative estimate of drug-likeness (QED) is 0.569. The fourth-order valence-electron chi connectivity index (χ4n) is 2.46. The summed E-state index contributed by atoms with van der Waals surface area (Å²) in [4.78, 5) is 22.6. The third-order valence-corrected chi connectivity index (χ3v) is 5.43. The van der Waals surface area contributed by atoms with Crippen LogP contribution in [0.1, 0.15) is 41.7 Å². The lowest BCUT2D eigenvalue weighted by Gasteiger charge is -2.15. The number of carboxylic acid groups (broad SMARTS) is 1. The van der Waals surface area contributed by atoms with Gasteiger partial charge < -0.3 is 10.4 Å². The second-order valence-electron chi connectivity index (χ2n) is 6.03. The molecule has 144 valence electrons. The van der Waals surface area contributed by atoms with Gasteiger partial charge in [0.25, 0.3) is 5.91 Å². The summed E-state index contributed by atoms with van der Waals surface area (Å²) in [7, 11) is -3.81. The number of nitrogens with one attached hydrogen (secondary N) is 2. The van der Waals surface area contributed by atoms with Crippen LogP contribution in [0.2, 0.25) is 0 Å². The van der Waals surface area contributed by atoms with E-state index in [9.17, 15) is 18.0 Å². The molecule has 0 fully saturated rings. The van der Waals surface area contributed by atoms with Gasteiger partial charge >= 0.3 is 5.97 Å². The predicted molar refractivity (Wildman–Crippen MR) is 101 cm³/mol. The molecule has 0 saturated heterocycles. The van der Waals surface area contributed by atoms with Crippen LogP contribution >= 0.6 is 0 Å². The first kappa shape index (κ1) is 20.6. The van der Waals surface area contributed by atoms with Crippen molar-refractivity contribution in [3.8, 4) is 0 Å². The van der Waals surface area contributed by atoms with E-state index in [-0.39, 0.29) is 23.4 Å². The van der Waals surface area contributed by atoms with E-state index in [1.807, 2.05) is 30.3 Å². The highest BCUT2D eigenvalue weighted by atomic mass is 32.2. The van der Waals surface area contributed by atoms with Gasteiger partial charge in [-0.2, -0.15) is 0 Å². The van der Waals surface area contributed by atoms with Gasteiger partial charge in [0.05, 0.1) is 4.90 Å². The van der Waals surface area contributed by atoms with Gasteiger partial charge in [-0.05, 0) is 37.1 Å². The van der Waals surface area contributed by atoms with Crippen LogP contribution in [-0.2, 0) is 14.8 Å². The number of carbonyl (C=O) groups excluding carboxylic acids is 1. The van der Waals surface area contributed by atoms with Gasteiger partial charge in [0, 0.05) is 24.6 Å². The van der Waals surface area contributed by atoms with Crippen molar-refractivity contribution in [2.24, 2.45) is 0 Å². The largest absolute Gasteiger partial charge is 0.481 e. The molecule has 0 aliphatic carbocycles. The van der Waals surface area contributed by atoms with Crippen LogP contribution in [0, 0.1) is 0 Å². The van der Waals surface area contributed by atoms with Crippen LogP contribution in [0.4, 0.5) is 0 Å². The molecular formula is C19H22N2O5S. The number of carboxylic acids is 1. The fourth-order valence-corrected chi connectivity index (χ4v) is 3.74. The highest BCUT2D eigenvalue weighted by molar-refractivity contribution is 7.89. The number of sulfonamides is 1. The smallest absolute Gasteiger partial charge is 0.303 e. The number of carbonyl (C=O) groups is 2. The van der Waals surface area contributed by atoms with E-state index in [0.29, 0.717) is 6.42 Å². The highest BCUT2D eigenvalue weighted by Crippen LogP contribution is 2.17. The number of amides is 1. The van der Waals surface area contributed by atoms with E-state index in [4.69, 9.17) is 5.11 Å². The second-order valence-corrected chi connectivity index (χ2v) is 7.75. The van der Waals surface area contributed by atoms with Crippen molar-refractivity contribution in [2.75, 3.05) is 6.54 Å². The molecule has 1 atom stereocenters. The van der Waals surface area contributed by atoms with Crippen LogP contribution in [0.15, 0.2) is 59.5 Å². The maximum absolute atomic E-state index is 12.6. The molecule has 1 unspecified atom stereocenters. The predicted octanol–water partition coefficient (Wildman–Crippen LogP) is 2.32. The SMILES string of the molecule is CC(NS(=O)(=O)c1cccc(C(=O)NCCCC(=O)O)c1)c1ccccc1. The molecule has 0 aliphatic rings. The van der Waals surface area contributed by atoms with Gasteiger partial charge in [-0.1, -0.05) is 36.4 Å². The summed E-state index contributed by atoms with van der Waals surface area (Å²) in [5.41, 5.74) is 1.02. The minimum Gasteiger partial charge on any atom is -0.481 e. The average molecular weight is 390 g/mol. The van der Waals surface area contributed by atoms with Crippen molar-refractivity contribution in [1.29, 1.82) is 0 Å². The normalized spacial score (nSPS) is 12.3. The molecule has 7 nitrogen and oxygen atoms in total. The van der Waals surface area contributed by atoms with Gasteiger partial charge in [-0.15, -0.1) is 0 Å². The van der Waals surface area contributed by atoms with Crippen LogP contribution < -0.4 is 10.0 Å². The monoisotopic (exact) mass is 390 g/mol. The minimum absolute atomic E-state index is 0.0107. The van der Waals surface area contributed by atoms with Crippen LogP contribution in [-0.4, -0.2) is 31.9 Å². The molecule has 0 spiro atoms. The lowest BCUT2D eigenvalue weighted by Crippen LogP contribution is -2.28. The Morgan fingerprint density at radius 1 is 1.07 bits per heavy atom. The van der Waals surface area contributed by atoms with Crippen molar-refractivity contribution in [2.45, 2.75) is 30.7 Å². The summed E-state index contributed by atoms with van der Waals surface area (Å²) in [5.74, 6) is -1.38. The van der Waals surface area contributed by atoms with E-state index in [2.05, 4.69) is 10.0 Å². The second kappa shape index (κ2) is 9.29. The van der Waals surface area contributed by atoms with E-state index in [0.717, 1.165) is 5.56 Å². The van der Waals surface area contributed by atoms with Crippen LogP contribution in [0.3, 0.4) is 0 Å². The van der Waals surface area contributed by atoms with Crippen molar-refractivity contribution in [3.05, 3.63) is 65.7 Å². The molecule has 0 radical (unpaired) electrons. The third-order valence-electron chi connectivity index (χ3n) is 3.89. The molecule has 0 heterocycles. The summed E-state index contributed by atoms with van der Waals surface area (Å²) >= 11 is 0. The Morgan fingerprint density at radius 2 is 1.78 bits per heavy atom. The van der Waals surface area contributed by atoms with E-state index >= 15 is 0 Å².